The zero-order valence-corrected chi connectivity index (χ0v) is 13.6. The van der Waals surface area contributed by atoms with E-state index in [-0.39, 0.29) is 5.69 Å². The number of hydrogen-bond acceptors (Lipinski definition) is 4. The third kappa shape index (κ3) is 3.30. The smallest absolute Gasteiger partial charge is 0.271 e. The zero-order valence-electron chi connectivity index (χ0n) is 12.8. The molecule has 1 aliphatic heterocycles. The molecule has 1 saturated heterocycles. The maximum atomic E-state index is 10.9. The maximum Gasteiger partial charge on any atom is 0.271 e. The van der Waals surface area contributed by atoms with Crippen molar-refractivity contribution in [2.75, 3.05) is 31.1 Å². The highest BCUT2D eigenvalue weighted by Gasteiger charge is 2.29. The molecule has 1 unspecified atom stereocenters. The molecule has 1 aromatic rings. The number of non-ortho nitro benzene ring substituents is 1. The molecule has 5 nitrogen and oxygen atoms in total. The summed E-state index contributed by atoms with van der Waals surface area (Å²) >= 11 is 6.29. The van der Waals surface area contributed by atoms with Crippen molar-refractivity contribution in [3.63, 3.8) is 0 Å². The number of nitro benzene ring substituents is 1. The van der Waals surface area contributed by atoms with Crippen LogP contribution in [0, 0.1) is 17.0 Å². The average molecular weight is 312 g/mol. The Morgan fingerprint density at radius 1 is 1.43 bits per heavy atom. The van der Waals surface area contributed by atoms with Gasteiger partial charge in [-0.15, -0.1) is 0 Å². The fraction of sp³-hybridized carbons (Fsp3) is 0.600. The van der Waals surface area contributed by atoms with Gasteiger partial charge in [0.05, 0.1) is 15.6 Å². The fourth-order valence-electron chi connectivity index (χ4n) is 3.21. The third-order valence-corrected chi connectivity index (χ3v) is 4.55. The second-order valence-corrected chi connectivity index (χ2v) is 5.87. The third-order valence-electron chi connectivity index (χ3n) is 4.26. The zero-order chi connectivity index (χ0) is 15.6. The van der Waals surface area contributed by atoms with Crippen molar-refractivity contribution >= 4 is 23.0 Å². The molecule has 1 aliphatic rings. The fourth-order valence-corrected chi connectivity index (χ4v) is 3.59. The van der Waals surface area contributed by atoms with Gasteiger partial charge < -0.3 is 4.90 Å². The molecular formula is C15H22ClN3O2. The lowest BCUT2D eigenvalue weighted by molar-refractivity contribution is -0.384. The van der Waals surface area contributed by atoms with Gasteiger partial charge in [-0.2, -0.15) is 0 Å². The minimum atomic E-state index is -0.397. The van der Waals surface area contributed by atoms with Gasteiger partial charge in [0.15, 0.2) is 0 Å². The van der Waals surface area contributed by atoms with Crippen molar-refractivity contribution in [1.29, 1.82) is 0 Å². The molecule has 1 aromatic carbocycles. The molecule has 1 heterocycles. The number of anilines is 1. The lowest BCUT2D eigenvalue weighted by Crippen LogP contribution is -2.37. The van der Waals surface area contributed by atoms with Crippen molar-refractivity contribution in [3.05, 3.63) is 32.8 Å². The number of nitro groups is 1. The summed E-state index contributed by atoms with van der Waals surface area (Å²) < 4.78 is 0. The molecule has 21 heavy (non-hydrogen) atoms. The van der Waals surface area contributed by atoms with Gasteiger partial charge in [0.25, 0.3) is 5.69 Å². The molecular weight excluding hydrogens is 290 g/mol. The first-order chi connectivity index (χ1) is 9.97. The summed E-state index contributed by atoms with van der Waals surface area (Å²) in [5, 5.41) is 11.4. The highest BCUT2D eigenvalue weighted by Crippen LogP contribution is 2.36. The predicted molar refractivity (Wildman–Crippen MR) is 86.4 cm³/mol. The summed E-state index contributed by atoms with van der Waals surface area (Å²) in [5.41, 5.74) is 1.87. The lowest BCUT2D eigenvalue weighted by atomic mass is 10.1. The molecule has 1 atom stereocenters. The summed E-state index contributed by atoms with van der Waals surface area (Å²) in [6.07, 6.45) is 1.11. The molecule has 0 amide bonds. The Labute approximate surface area is 130 Å². The first kappa shape index (κ1) is 16.0. The summed E-state index contributed by atoms with van der Waals surface area (Å²) in [6.45, 7) is 10.2. The first-order valence-corrected chi connectivity index (χ1v) is 7.79. The normalized spacial score (nSPS) is 18.5. The Hall–Kier alpha value is -1.33. The van der Waals surface area contributed by atoms with Crippen LogP contribution < -0.4 is 4.90 Å². The predicted octanol–water partition coefficient (Wildman–Crippen LogP) is 3.48. The van der Waals surface area contributed by atoms with Gasteiger partial charge in [0.2, 0.25) is 0 Å². The molecule has 0 aliphatic carbocycles. The van der Waals surface area contributed by atoms with Gasteiger partial charge in [0.1, 0.15) is 0 Å². The monoisotopic (exact) mass is 311 g/mol. The molecule has 6 heteroatoms. The van der Waals surface area contributed by atoms with Gasteiger partial charge in [0, 0.05) is 31.3 Å². The van der Waals surface area contributed by atoms with Crippen LogP contribution in [0.2, 0.25) is 5.02 Å². The molecule has 0 spiro atoms. The molecule has 0 saturated carbocycles. The van der Waals surface area contributed by atoms with Crippen LogP contribution in [-0.2, 0) is 0 Å². The van der Waals surface area contributed by atoms with Crippen LogP contribution in [0.3, 0.4) is 0 Å². The molecule has 1 fully saturated rings. The SMILES string of the molecule is CCN(CC)C1CCN(c2c(C)cc([N+](=O)[O-])cc2Cl)C1. The van der Waals surface area contributed by atoms with Crippen LogP contribution in [0.1, 0.15) is 25.8 Å². The number of halogens is 1. The summed E-state index contributed by atoms with van der Waals surface area (Å²) in [7, 11) is 0. The van der Waals surface area contributed by atoms with Crippen molar-refractivity contribution in [2.24, 2.45) is 0 Å². The van der Waals surface area contributed by atoms with Crippen molar-refractivity contribution in [3.8, 4) is 0 Å². The summed E-state index contributed by atoms with van der Waals surface area (Å²) in [6, 6.07) is 3.59. The maximum absolute atomic E-state index is 10.9. The van der Waals surface area contributed by atoms with E-state index < -0.39 is 4.92 Å². The van der Waals surface area contributed by atoms with E-state index in [0.29, 0.717) is 11.1 Å². The Bertz CT molecular complexity index is 509. The van der Waals surface area contributed by atoms with Crippen molar-refractivity contribution in [2.45, 2.75) is 33.2 Å². The molecule has 0 bridgehead atoms. The van der Waals surface area contributed by atoms with Crippen LogP contribution >= 0.6 is 11.6 Å². The quantitative estimate of drug-likeness (QED) is 0.617. The number of benzene rings is 1. The largest absolute Gasteiger partial charge is 0.368 e. The van der Waals surface area contributed by atoms with Crippen LogP contribution in [-0.4, -0.2) is 42.0 Å². The van der Waals surface area contributed by atoms with Crippen molar-refractivity contribution < 1.29 is 4.92 Å². The Morgan fingerprint density at radius 3 is 2.62 bits per heavy atom. The van der Waals surface area contributed by atoms with E-state index in [1.165, 1.54) is 6.07 Å². The molecule has 116 valence electrons. The Kier molecular flexibility index (Phi) is 5.06. The lowest BCUT2D eigenvalue weighted by Gasteiger charge is -2.27. The minimum absolute atomic E-state index is 0.0562. The molecule has 0 radical (unpaired) electrons. The highest BCUT2D eigenvalue weighted by atomic mass is 35.5. The number of rotatable bonds is 5. The van der Waals surface area contributed by atoms with Gasteiger partial charge in [-0.3, -0.25) is 15.0 Å². The standard InChI is InChI=1S/C15H22ClN3O2/c1-4-17(5-2)12-6-7-18(10-12)15-11(3)8-13(19(20)21)9-14(15)16/h8-9,12H,4-7,10H2,1-3H3. The van der Waals surface area contributed by atoms with E-state index in [1.807, 2.05) is 6.92 Å². The van der Waals surface area contributed by atoms with Crippen LogP contribution in [0.15, 0.2) is 12.1 Å². The Balaban J connectivity index is 2.22. The molecule has 2 rings (SSSR count). The highest BCUT2D eigenvalue weighted by molar-refractivity contribution is 6.33. The summed E-state index contributed by atoms with van der Waals surface area (Å²) in [5.74, 6) is 0. The summed E-state index contributed by atoms with van der Waals surface area (Å²) in [4.78, 5) is 15.2. The van der Waals surface area contributed by atoms with Gasteiger partial charge in [-0.25, -0.2) is 0 Å². The average Bonchev–Trinajstić information content (AvgIpc) is 2.88. The van der Waals surface area contributed by atoms with E-state index in [2.05, 4.69) is 23.6 Å². The second kappa shape index (κ2) is 6.62. The number of aryl methyl sites for hydroxylation is 1. The molecule has 0 N–H and O–H groups in total. The van der Waals surface area contributed by atoms with Crippen LogP contribution in [0.5, 0.6) is 0 Å². The van der Waals surface area contributed by atoms with Crippen molar-refractivity contribution in [1.82, 2.24) is 4.90 Å². The van der Waals surface area contributed by atoms with Gasteiger partial charge in [-0.1, -0.05) is 25.4 Å². The van der Waals surface area contributed by atoms with Crippen LogP contribution in [0.25, 0.3) is 0 Å². The molecule has 0 aromatic heterocycles. The van der Waals surface area contributed by atoms with E-state index in [9.17, 15) is 10.1 Å². The van der Waals surface area contributed by atoms with Crippen LogP contribution in [0.4, 0.5) is 11.4 Å². The number of likely N-dealkylation sites (N-methyl/N-ethyl adjacent to an activating group) is 1. The minimum Gasteiger partial charge on any atom is -0.368 e. The van der Waals surface area contributed by atoms with E-state index in [1.54, 1.807) is 6.07 Å². The van der Waals surface area contributed by atoms with E-state index >= 15 is 0 Å². The van der Waals surface area contributed by atoms with Gasteiger partial charge in [-0.05, 0) is 32.0 Å². The van der Waals surface area contributed by atoms with Gasteiger partial charge >= 0.3 is 0 Å². The number of nitrogens with zero attached hydrogens (tertiary/aromatic N) is 3. The number of hydrogen-bond donors (Lipinski definition) is 0. The first-order valence-electron chi connectivity index (χ1n) is 7.41. The Morgan fingerprint density at radius 2 is 2.10 bits per heavy atom. The van der Waals surface area contributed by atoms with E-state index in [4.69, 9.17) is 11.6 Å². The van der Waals surface area contributed by atoms with E-state index in [0.717, 1.165) is 43.9 Å². The topological polar surface area (TPSA) is 49.6 Å². The second-order valence-electron chi connectivity index (χ2n) is 5.46.